The van der Waals surface area contributed by atoms with E-state index in [1.807, 2.05) is 12.1 Å². The minimum Gasteiger partial charge on any atom is -0.0840 e. The Morgan fingerprint density at radius 2 is 2.06 bits per heavy atom. The number of halogens is 1. The second-order valence-corrected chi connectivity index (χ2v) is 4.97. The monoisotopic (exact) mass is 234 g/mol. The molecule has 0 aliphatic heterocycles. The molecule has 86 valence electrons. The van der Waals surface area contributed by atoms with Crippen LogP contribution in [0.25, 0.3) is 6.08 Å². The van der Waals surface area contributed by atoms with E-state index < -0.39 is 0 Å². The van der Waals surface area contributed by atoms with Crippen LogP contribution >= 0.6 is 11.6 Å². The molecule has 0 radical (unpaired) electrons. The molecule has 0 atom stereocenters. The van der Waals surface area contributed by atoms with Crippen molar-refractivity contribution in [2.45, 2.75) is 45.4 Å². The fraction of sp³-hybridized carbons (Fsp3) is 0.467. The Hall–Kier alpha value is -0.750. The normalized spacial score (nSPS) is 14.5. The summed E-state index contributed by atoms with van der Waals surface area (Å²) in [5.74, 6) is 0. The predicted molar refractivity (Wildman–Crippen MR) is 71.9 cm³/mol. The Labute approximate surface area is 103 Å². The molecule has 1 aromatic rings. The molecule has 0 aromatic heterocycles. The van der Waals surface area contributed by atoms with Crippen molar-refractivity contribution in [3.63, 3.8) is 0 Å². The van der Waals surface area contributed by atoms with Gasteiger partial charge in [0.15, 0.2) is 0 Å². The van der Waals surface area contributed by atoms with Crippen LogP contribution in [-0.4, -0.2) is 0 Å². The molecule has 0 spiro atoms. The Balaban J connectivity index is 2.09. The van der Waals surface area contributed by atoms with E-state index in [-0.39, 0.29) is 0 Å². The van der Waals surface area contributed by atoms with Gasteiger partial charge in [-0.25, -0.2) is 0 Å². The van der Waals surface area contributed by atoms with Gasteiger partial charge < -0.3 is 0 Å². The van der Waals surface area contributed by atoms with Crippen LogP contribution in [0.4, 0.5) is 0 Å². The van der Waals surface area contributed by atoms with Crippen molar-refractivity contribution in [2.75, 3.05) is 0 Å². The Kier molecular flexibility index (Phi) is 4.06. The summed E-state index contributed by atoms with van der Waals surface area (Å²) in [5, 5.41) is 0.932. The maximum atomic E-state index is 6.19. The second-order valence-electron chi connectivity index (χ2n) is 4.57. The molecule has 1 aromatic carbocycles. The number of allylic oxidation sites excluding steroid dienone is 1. The highest BCUT2D eigenvalue weighted by Gasteiger charge is 2.12. The number of hydrogen-bond donors (Lipinski definition) is 0. The van der Waals surface area contributed by atoms with Crippen molar-refractivity contribution in [1.29, 1.82) is 0 Å². The molecule has 0 N–H and O–H groups in total. The third kappa shape index (κ3) is 2.68. The Bertz CT molecular complexity index is 390. The lowest BCUT2D eigenvalue weighted by Gasteiger charge is -2.17. The fourth-order valence-electron chi connectivity index (χ4n) is 2.35. The van der Waals surface area contributed by atoms with Gasteiger partial charge >= 0.3 is 0 Å². The number of benzene rings is 1. The van der Waals surface area contributed by atoms with Gasteiger partial charge in [-0.2, -0.15) is 0 Å². The van der Waals surface area contributed by atoms with E-state index in [4.69, 9.17) is 11.6 Å². The molecule has 1 heteroatoms. The molecule has 0 heterocycles. The van der Waals surface area contributed by atoms with Gasteiger partial charge in [-0.1, -0.05) is 55.1 Å². The van der Waals surface area contributed by atoms with Gasteiger partial charge in [0.05, 0.1) is 0 Å². The Morgan fingerprint density at radius 3 is 2.88 bits per heavy atom. The lowest BCUT2D eigenvalue weighted by atomic mass is 9.90. The van der Waals surface area contributed by atoms with Crippen LogP contribution < -0.4 is 0 Å². The molecule has 0 nitrogen and oxygen atoms in total. The zero-order valence-corrected chi connectivity index (χ0v) is 10.7. The zero-order valence-electron chi connectivity index (χ0n) is 9.93. The van der Waals surface area contributed by atoms with Gasteiger partial charge in [0.25, 0.3) is 0 Å². The van der Waals surface area contributed by atoms with Gasteiger partial charge in [0.2, 0.25) is 0 Å². The van der Waals surface area contributed by atoms with Crippen molar-refractivity contribution in [3.8, 4) is 0 Å². The minimum absolute atomic E-state index is 0.932. The Morgan fingerprint density at radius 1 is 1.19 bits per heavy atom. The van der Waals surface area contributed by atoms with E-state index in [0.29, 0.717) is 0 Å². The van der Waals surface area contributed by atoms with Crippen molar-refractivity contribution in [1.82, 2.24) is 0 Å². The smallest absolute Gasteiger partial charge is 0.0444 e. The first-order valence-corrected chi connectivity index (χ1v) is 6.66. The van der Waals surface area contributed by atoms with E-state index in [0.717, 1.165) is 11.4 Å². The number of rotatable bonds is 4. The first kappa shape index (κ1) is 11.7. The average Bonchev–Trinajstić information content (AvgIpc) is 2.30. The van der Waals surface area contributed by atoms with E-state index in [2.05, 4.69) is 19.1 Å². The summed E-state index contributed by atoms with van der Waals surface area (Å²) < 4.78 is 0. The van der Waals surface area contributed by atoms with Crippen LogP contribution in [0, 0.1) is 0 Å². The number of unbranched alkanes of at least 4 members (excludes halogenated alkanes) is 2. The second kappa shape index (κ2) is 5.54. The highest BCUT2D eigenvalue weighted by molar-refractivity contribution is 6.31. The molecule has 0 fully saturated rings. The average molecular weight is 235 g/mol. The molecular formula is C15H19Cl. The fourth-order valence-corrected chi connectivity index (χ4v) is 2.63. The zero-order chi connectivity index (χ0) is 11.4. The van der Waals surface area contributed by atoms with Gasteiger partial charge in [0.1, 0.15) is 0 Å². The summed E-state index contributed by atoms with van der Waals surface area (Å²) in [6.45, 7) is 2.25. The van der Waals surface area contributed by atoms with Gasteiger partial charge in [0, 0.05) is 5.02 Å². The topological polar surface area (TPSA) is 0 Å². The van der Waals surface area contributed by atoms with Crippen molar-refractivity contribution >= 4 is 17.7 Å². The molecular weight excluding hydrogens is 216 g/mol. The lowest BCUT2D eigenvalue weighted by Crippen LogP contribution is -2.00. The third-order valence-electron chi connectivity index (χ3n) is 3.31. The number of fused-ring (bicyclic) bond motifs is 1. The molecule has 0 bridgehead atoms. The quantitative estimate of drug-likeness (QED) is 0.625. The van der Waals surface area contributed by atoms with E-state index in [1.54, 1.807) is 5.57 Å². The van der Waals surface area contributed by atoms with E-state index in [1.165, 1.54) is 43.2 Å². The van der Waals surface area contributed by atoms with Crippen LogP contribution in [0.2, 0.25) is 5.02 Å². The highest BCUT2D eigenvalue weighted by Crippen LogP contribution is 2.31. The summed E-state index contributed by atoms with van der Waals surface area (Å²) in [6, 6.07) is 6.23. The molecule has 1 aliphatic rings. The molecule has 0 amide bonds. The van der Waals surface area contributed by atoms with Crippen LogP contribution in [0.1, 0.15) is 50.2 Å². The van der Waals surface area contributed by atoms with E-state index >= 15 is 0 Å². The predicted octanol–water partition coefficient (Wildman–Crippen LogP) is 5.25. The first-order chi connectivity index (χ1) is 7.81. The summed E-state index contributed by atoms with van der Waals surface area (Å²) >= 11 is 6.19. The highest BCUT2D eigenvalue weighted by atomic mass is 35.5. The minimum atomic E-state index is 0.932. The lowest BCUT2D eigenvalue weighted by molar-refractivity contribution is 0.694. The SMILES string of the molecule is CCCCCC1=Cc2cccc(Cl)c2CC1. The maximum Gasteiger partial charge on any atom is 0.0444 e. The summed E-state index contributed by atoms with van der Waals surface area (Å²) in [5.41, 5.74) is 4.27. The molecule has 2 rings (SSSR count). The van der Waals surface area contributed by atoms with Gasteiger partial charge in [-0.15, -0.1) is 0 Å². The maximum absolute atomic E-state index is 6.19. The molecule has 0 saturated carbocycles. The number of hydrogen-bond acceptors (Lipinski definition) is 0. The van der Waals surface area contributed by atoms with E-state index in [9.17, 15) is 0 Å². The van der Waals surface area contributed by atoms with Gasteiger partial charge in [-0.05, 0) is 42.9 Å². The standard InChI is InChI=1S/C15H19Cl/c1-2-3-4-6-12-9-10-14-13(11-12)7-5-8-15(14)16/h5,7-8,11H,2-4,6,9-10H2,1H3. The summed E-state index contributed by atoms with van der Waals surface area (Å²) in [6.07, 6.45) is 9.90. The van der Waals surface area contributed by atoms with Crippen molar-refractivity contribution in [3.05, 3.63) is 39.9 Å². The summed E-state index contributed by atoms with van der Waals surface area (Å²) in [7, 11) is 0. The van der Waals surface area contributed by atoms with Gasteiger partial charge in [-0.3, -0.25) is 0 Å². The largest absolute Gasteiger partial charge is 0.0840 e. The summed E-state index contributed by atoms with van der Waals surface area (Å²) in [4.78, 5) is 0. The van der Waals surface area contributed by atoms with Crippen LogP contribution in [-0.2, 0) is 6.42 Å². The van der Waals surface area contributed by atoms with Crippen molar-refractivity contribution in [2.24, 2.45) is 0 Å². The molecule has 0 saturated heterocycles. The molecule has 1 aliphatic carbocycles. The molecule has 0 unspecified atom stereocenters. The first-order valence-electron chi connectivity index (χ1n) is 6.28. The van der Waals surface area contributed by atoms with Crippen LogP contribution in [0.15, 0.2) is 23.8 Å². The molecule has 16 heavy (non-hydrogen) atoms. The third-order valence-corrected chi connectivity index (χ3v) is 3.67. The van der Waals surface area contributed by atoms with Crippen molar-refractivity contribution < 1.29 is 0 Å². The van der Waals surface area contributed by atoms with Crippen LogP contribution in [0.5, 0.6) is 0 Å². The van der Waals surface area contributed by atoms with Crippen LogP contribution in [0.3, 0.4) is 0 Å².